The van der Waals surface area contributed by atoms with Crippen LogP contribution < -0.4 is 4.90 Å². The van der Waals surface area contributed by atoms with Gasteiger partial charge in [-0.2, -0.15) is 0 Å². The van der Waals surface area contributed by atoms with Crippen molar-refractivity contribution in [3.05, 3.63) is 29.3 Å². The summed E-state index contributed by atoms with van der Waals surface area (Å²) in [5.41, 5.74) is 4.17. The number of rotatable bonds is 6. The Kier molecular flexibility index (Phi) is 5.33. The molecule has 0 radical (unpaired) electrons. The minimum Gasteiger partial charge on any atom is -0.396 e. The van der Waals surface area contributed by atoms with Gasteiger partial charge in [-0.15, -0.1) is 0 Å². The van der Waals surface area contributed by atoms with Crippen LogP contribution in [0.25, 0.3) is 0 Å². The first-order valence-electron chi connectivity index (χ1n) is 6.17. The maximum atomic E-state index is 8.89. The molecule has 0 aliphatic carbocycles. The number of anilines is 1. The lowest BCUT2D eigenvalue weighted by Crippen LogP contribution is -2.22. The fourth-order valence-corrected chi connectivity index (χ4v) is 2.13. The van der Waals surface area contributed by atoms with E-state index in [1.807, 2.05) is 0 Å². The van der Waals surface area contributed by atoms with E-state index in [1.54, 1.807) is 0 Å². The molecule has 2 nitrogen and oxygen atoms in total. The van der Waals surface area contributed by atoms with Crippen LogP contribution >= 0.6 is 0 Å². The summed E-state index contributed by atoms with van der Waals surface area (Å²) in [6, 6.07) is 6.54. The molecule has 0 saturated heterocycles. The molecule has 1 rings (SSSR count). The van der Waals surface area contributed by atoms with Crippen LogP contribution in [0, 0.1) is 0 Å². The average Bonchev–Trinajstić information content (AvgIpc) is 2.34. The molecule has 0 spiro atoms. The number of hydrogen-bond acceptors (Lipinski definition) is 2. The van der Waals surface area contributed by atoms with E-state index in [0.29, 0.717) is 0 Å². The lowest BCUT2D eigenvalue weighted by molar-refractivity contribution is 0.290. The fraction of sp³-hybridized carbons (Fsp3) is 0.571. The minimum atomic E-state index is 0.264. The number of aliphatic hydroxyl groups is 1. The van der Waals surface area contributed by atoms with Gasteiger partial charge in [0.05, 0.1) is 0 Å². The number of benzene rings is 1. The predicted molar refractivity (Wildman–Crippen MR) is 70.2 cm³/mol. The zero-order chi connectivity index (χ0) is 12.0. The van der Waals surface area contributed by atoms with Crippen LogP contribution in [0.5, 0.6) is 0 Å². The van der Waals surface area contributed by atoms with Crippen molar-refractivity contribution in [2.75, 3.05) is 25.1 Å². The van der Waals surface area contributed by atoms with Crippen LogP contribution in [-0.2, 0) is 12.8 Å². The third kappa shape index (κ3) is 2.99. The predicted octanol–water partition coefficient (Wildman–Crippen LogP) is 2.63. The standard InChI is InChI=1S/C14H23NO/c1-4-12-8-6-9-13(5-2)14(12)15(3)10-7-11-16/h6,8-9,16H,4-5,7,10-11H2,1-3H3. The summed E-state index contributed by atoms with van der Waals surface area (Å²) in [6.07, 6.45) is 2.96. The van der Waals surface area contributed by atoms with E-state index >= 15 is 0 Å². The van der Waals surface area contributed by atoms with Gasteiger partial charge < -0.3 is 10.0 Å². The molecule has 1 N–H and O–H groups in total. The molecular weight excluding hydrogens is 198 g/mol. The van der Waals surface area contributed by atoms with Gasteiger partial charge in [0.1, 0.15) is 0 Å². The Morgan fingerprint density at radius 2 is 1.69 bits per heavy atom. The van der Waals surface area contributed by atoms with Crippen LogP contribution in [0.3, 0.4) is 0 Å². The highest BCUT2D eigenvalue weighted by atomic mass is 16.3. The van der Waals surface area contributed by atoms with Crippen LogP contribution in [0.2, 0.25) is 0 Å². The zero-order valence-corrected chi connectivity index (χ0v) is 10.7. The topological polar surface area (TPSA) is 23.5 Å². The van der Waals surface area contributed by atoms with Crippen molar-refractivity contribution in [3.63, 3.8) is 0 Å². The fourth-order valence-electron chi connectivity index (χ4n) is 2.13. The largest absolute Gasteiger partial charge is 0.396 e. The summed E-state index contributed by atoms with van der Waals surface area (Å²) in [4.78, 5) is 2.27. The smallest absolute Gasteiger partial charge is 0.0447 e. The highest BCUT2D eigenvalue weighted by Gasteiger charge is 2.10. The summed E-state index contributed by atoms with van der Waals surface area (Å²) in [7, 11) is 2.11. The van der Waals surface area contributed by atoms with Gasteiger partial charge in [-0.25, -0.2) is 0 Å². The maximum Gasteiger partial charge on any atom is 0.0447 e. The van der Waals surface area contributed by atoms with Crippen molar-refractivity contribution in [2.45, 2.75) is 33.1 Å². The Balaban J connectivity index is 2.97. The molecule has 1 aromatic rings. The summed E-state index contributed by atoms with van der Waals surface area (Å²) < 4.78 is 0. The minimum absolute atomic E-state index is 0.264. The van der Waals surface area contributed by atoms with Gasteiger partial charge in [0.25, 0.3) is 0 Å². The molecule has 0 atom stereocenters. The Hall–Kier alpha value is -1.02. The Morgan fingerprint density at radius 1 is 1.12 bits per heavy atom. The van der Waals surface area contributed by atoms with Crippen molar-refractivity contribution < 1.29 is 5.11 Å². The highest BCUT2D eigenvalue weighted by molar-refractivity contribution is 5.59. The first-order chi connectivity index (χ1) is 7.74. The molecule has 0 heterocycles. The van der Waals surface area contributed by atoms with Crippen LogP contribution in [0.1, 0.15) is 31.4 Å². The second-order valence-corrected chi connectivity index (χ2v) is 4.13. The van der Waals surface area contributed by atoms with Crippen molar-refractivity contribution in [2.24, 2.45) is 0 Å². The average molecular weight is 221 g/mol. The van der Waals surface area contributed by atoms with E-state index in [0.717, 1.165) is 25.8 Å². The van der Waals surface area contributed by atoms with Crippen LogP contribution in [0.4, 0.5) is 5.69 Å². The lowest BCUT2D eigenvalue weighted by atomic mass is 10.0. The number of nitrogens with zero attached hydrogens (tertiary/aromatic N) is 1. The second kappa shape index (κ2) is 6.54. The molecular formula is C14H23NO. The monoisotopic (exact) mass is 221 g/mol. The van der Waals surface area contributed by atoms with E-state index in [1.165, 1.54) is 16.8 Å². The van der Waals surface area contributed by atoms with E-state index in [9.17, 15) is 0 Å². The summed E-state index contributed by atoms with van der Waals surface area (Å²) >= 11 is 0. The number of para-hydroxylation sites is 1. The normalized spacial score (nSPS) is 10.5. The van der Waals surface area contributed by atoms with E-state index < -0.39 is 0 Å². The van der Waals surface area contributed by atoms with E-state index in [4.69, 9.17) is 5.11 Å². The molecule has 0 saturated carbocycles. The lowest BCUT2D eigenvalue weighted by Gasteiger charge is -2.25. The molecule has 0 unspecified atom stereocenters. The maximum absolute atomic E-state index is 8.89. The number of aliphatic hydroxyl groups excluding tert-OH is 1. The molecule has 0 aliphatic heterocycles. The van der Waals surface area contributed by atoms with Gasteiger partial charge in [0.15, 0.2) is 0 Å². The van der Waals surface area contributed by atoms with Gasteiger partial charge >= 0.3 is 0 Å². The third-order valence-electron chi connectivity index (χ3n) is 3.00. The van der Waals surface area contributed by atoms with Gasteiger partial charge in [-0.05, 0) is 30.4 Å². The van der Waals surface area contributed by atoms with Crippen molar-refractivity contribution in [1.29, 1.82) is 0 Å². The molecule has 1 aromatic carbocycles. The molecule has 0 aliphatic rings. The summed E-state index contributed by atoms with van der Waals surface area (Å²) in [5.74, 6) is 0. The first-order valence-corrected chi connectivity index (χ1v) is 6.17. The Labute approximate surface area is 98.9 Å². The van der Waals surface area contributed by atoms with Gasteiger partial charge in [0, 0.05) is 25.9 Å². The van der Waals surface area contributed by atoms with Crippen molar-refractivity contribution in [3.8, 4) is 0 Å². The Morgan fingerprint density at radius 3 is 2.12 bits per heavy atom. The van der Waals surface area contributed by atoms with Crippen molar-refractivity contribution in [1.82, 2.24) is 0 Å². The first kappa shape index (κ1) is 13.0. The van der Waals surface area contributed by atoms with Crippen LogP contribution in [0.15, 0.2) is 18.2 Å². The molecule has 90 valence electrons. The van der Waals surface area contributed by atoms with Gasteiger partial charge in [-0.3, -0.25) is 0 Å². The molecule has 0 fully saturated rings. The van der Waals surface area contributed by atoms with Crippen molar-refractivity contribution >= 4 is 5.69 Å². The molecule has 0 bridgehead atoms. The summed E-state index contributed by atoms with van der Waals surface area (Å²) in [6.45, 7) is 5.57. The highest BCUT2D eigenvalue weighted by Crippen LogP contribution is 2.25. The van der Waals surface area contributed by atoms with Crippen LogP contribution in [-0.4, -0.2) is 25.3 Å². The zero-order valence-electron chi connectivity index (χ0n) is 10.7. The molecule has 0 aromatic heterocycles. The van der Waals surface area contributed by atoms with E-state index in [2.05, 4.69) is 44.0 Å². The molecule has 2 heteroatoms. The van der Waals surface area contributed by atoms with Gasteiger partial charge in [0.2, 0.25) is 0 Å². The molecule has 0 amide bonds. The number of aryl methyl sites for hydroxylation is 2. The summed E-state index contributed by atoms with van der Waals surface area (Å²) in [5, 5.41) is 8.89. The Bertz CT molecular complexity index is 300. The number of hydrogen-bond donors (Lipinski definition) is 1. The van der Waals surface area contributed by atoms with Gasteiger partial charge in [-0.1, -0.05) is 32.0 Å². The van der Waals surface area contributed by atoms with E-state index in [-0.39, 0.29) is 6.61 Å². The second-order valence-electron chi connectivity index (χ2n) is 4.13. The molecule has 16 heavy (non-hydrogen) atoms. The third-order valence-corrected chi connectivity index (χ3v) is 3.00. The SMILES string of the molecule is CCc1cccc(CC)c1N(C)CCCO. The quantitative estimate of drug-likeness (QED) is 0.798.